The molecule has 0 saturated carbocycles. The van der Waals surface area contributed by atoms with Gasteiger partial charge in [0.2, 0.25) is 0 Å². The van der Waals surface area contributed by atoms with Gasteiger partial charge in [-0.05, 0) is 61.6 Å². The van der Waals surface area contributed by atoms with Crippen LogP contribution in [0.1, 0.15) is 29.7 Å². The van der Waals surface area contributed by atoms with Crippen molar-refractivity contribution in [2.45, 2.75) is 25.8 Å². The Morgan fingerprint density at radius 1 is 1.05 bits per heavy atom. The smallest absolute Gasteiger partial charge is 0.119 e. The number of hydrogen-bond acceptors (Lipinski definition) is 2. The van der Waals surface area contributed by atoms with Gasteiger partial charge < -0.3 is 10.1 Å². The number of ether oxygens (including phenoxy) is 1. The summed E-state index contributed by atoms with van der Waals surface area (Å²) in [6, 6.07) is 17.7. The largest absolute Gasteiger partial charge is 0.494 e. The van der Waals surface area contributed by atoms with Crippen molar-refractivity contribution in [2.24, 2.45) is 5.92 Å². The van der Waals surface area contributed by atoms with Crippen molar-refractivity contribution >= 4 is 0 Å². The minimum atomic E-state index is 0.396. The van der Waals surface area contributed by atoms with Gasteiger partial charge in [-0.2, -0.15) is 0 Å². The van der Waals surface area contributed by atoms with Crippen LogP contribution < -0.4 is 10.1 Å². The van der Waals surface area contributed by atoms with Gasteiger partial charge in [0.05, 0.1) is 6.61 Å². The van der Waals surface area contributed by atoms with Crippen molar-refractivity contribution in [3.8, 4) is 5.75 Å². The van der Waals surface area contributed by atoms with E-state index in [2.05, 4.69) is 60.9 Å². The topological polar surface area (TPSA) is 21.3 Å². The lowest BCUT2D eigenvalue weighted by atomic mass is 9.90. The van der Waals surface area contributed by atoms with Crippen LogP contribution in [0.4, 0.5) is 0 Å². The summed E-state index contributed by atoms with van der Waals surface area (Å²) in [5, 5.41) is 3.51. The molecular weight excluding hydrogens is 258 g/mol. The average molecular weight is 281 g/mol. The third kappa shape index (κ3) is 2.96. The second-order valence-corrected chi connectivity index (χ2v) is 5.71. The molecule has 0 aromatic heterocycles. The van der Waals surface area contributed by atoms with Crippen LogP contribution in [0.2, 0.25) is 0 Å². The predicted octanol–water partition coefficient (Wildman–Crippen LogP) is 3.76. The first-order chi connectivity index (χ1) is 10.3. The standard InChI is InChI=1S/C19H23NO/c1-3-21-18-10-8-14(9-11-18)19(20-2)17-12-15-6-4-5-7-16(15)13-17/h4-11,17,19-20H,3,12-13H2,1-2H3. The van der Waals surface area contributed by atoms with Gasteiger partial charge >= 0.3 is 0 Å². The Hall–Kier alpha value is -1.80. The minimum Gasteiger partial charge on any atom is -0.494 e. The molecule has 2 nitrogen and oxygen atoms in total. The minimum absolute atomic E-state index is 0.396. The number of rotatable bonds is 5. The zero-order valence-corrected chi connectivity index (χ0v) is 12.8. The van der Waals surface area contributed by atoms with Crippen LogP contribution in [0.15, 0.2) is 48.5 Å². The molecular formula is C19H23NO. The fraction of sp³-hybridized carbons (Fsp3) is 0.368. The molecule has 0 aliphatic heterocycles. The summed E-state index contributed by atoms with van der Waals surface area (Å²) in [6.07, 6.45) is 2.32. The Bertz CT molecular complexity index is 566. The molecule has 1 unspecified atom stereocenters. The Kier molecular flexibility index (Phi) is 4.26. The van der Waals surface area contributed by atoms with E-state index >= 15 is 0 Å². The van der Waals surface area contributed by atoms with Gasteiger partial charge in [-0.3, -0.25) is 0 Å². The van der Waals surface area contributed by atoms with Gasteiger partial charge in [-0.1, -0.05) is 36.4 Å². The summed E-state index contributed by atoms with van der Waals surface area (Å²) >= 11 is 0. The number of nitrogens with one attached hydrogen (secondary N) is 1. The predicted molar refractivity (Wildman–Crippen MR) is 86.8 cm³/mol. The summed E-state index contributed by atoms with van der Waals surface area (Å²) in [5.41, 5.74) is 4.36. The highest BCUT2D eigenvalue weighted by molar-refractivity contribution is 5.35. The Morgan fingerprint density at radius 3 is 2.19 bits per heavy atom. The lowest BCUT2D eigenvalue weighted by molar-refractivity contribution is 0.339. The quantitative estimate of drug-likeness (QED) is 0.901. The molecule has 0 saturated heterocycles. The SMILES string of the molecule is CCOc1ccc(C(NC)C2Cc3ccccc3C2)cc1. The summed E-state index contributed by atoms with van der Waals surface area (Å²) < 4.78 is 5.53. The van der Waals surface area contributed by atoms with E-state index in [1.54, 1.807) is 0 Å². The number of fused-ring (bicyclic) bond motifs is 1. The fourth-order valence-corrected chi connectivity index (χ4v) is 3.44. The molecule has 1 atom stereocenters. The molecule has 2 aromatic rings. The summed E-state index contributed by atoms with van der Waals surface area (Å²) in [4.78, 5) is 0. The van der Waals surface area contributed by atoms with Crippen molar-refractivity contribution in [3.05, 3.63) is 65.2 Å². The summed E-state index contributed by atoms with van der Waals surface area (Å²) in [6.45, 7) is 2.73. The molecule has 2 heteroatoms. The lowest BCUT2D eigenvalue weighted by Crippen LogP contribution is -2.25. The fourth-order valence-electron chi connectivity index (χ4n) is 3.44. The Morgan fingerprint density at radius 2 is 1.67 bits per heavy atom. The van der Waals surface area contributed by atoms with Crippen molar-refractivity contribution in [1.82, 2.24) is 5.32 Å². The molecule has 110 valence electrons. The van der Waals surface area contributed by atoms with Crippen molar-refractivity contribution in [3.63, 3.8) is 0 Å². The van der Waals surface area contributed by atoms with Crippen LogP contribution in [0, 0.1) is 5.92 Å². The van der Waals surface area contributed by atoms with E-state index in [9.17, 15) is 0 Å². The molecule has 1 N–H and O–H groups in total. The monoisotopic (exact) mass is 281 g/mol. The van der Waals surface area contributed by atoms with E-state index in [-0.39, 0.29) is 0 Å². The first-order valence-corrected chi connectivity index (χ1v) is 7.78. The van der Waals surface area contributed by atoms with Crippen molar-refractivity contribution in [2.75, 3.05) is 13.7 Å². The second kappa shape index (κ2) is 6.31. The zero-order valence-electron chi connectivity index (χ0n) is 12.8. The first kappa shape index (κ1) is 14.2. The van der Waals surface area contributed by atoms with Gasteiger partial charge in [0.1, 0.15) is 5.75 Å². The molecule has 1 aliphatic carbocycles. The lowest BCUT2D eigenvalue weighted by Gasteiger charge is -2.23. The normalized spacial score (nSPS) is 15.7. The average Bonchev–Trinajstić information content (AvgIpc) is 2.93. The van der Waals surface area contributed by atoms with Crippen LogP contribution in [0.25, 0.3) is 0 Å². The van der Waals surface area contributed by atoms with E-state index in [0.717, 1.165) is 18.6 Å². The number of benzene rings is 2. The molecule has 0 spiro atoms. The van der Waals surface area contributed by atoms with Crippen LogP contribution in [0.3, 0.4) is 0 Å². The van der Waals surface area contributed by atoms with E-state index < -0.39 is 0 Å². The molecule has 2 aromatic carbocycles. The highest BCUT2D eigenvalue weighted by Gasteiger charge is 2.28. The van der Waals surface area contributed by atoms with E-state index in [0.29, 0.717) is 18.6 Å². The summed E-state index contributed by atoms with van der Waals surface area (Å²) in [7, 11) is 2.06. The van der Waals surface area contributed by atoms with Crippen LogP contribution in [-0.2, 0) is 12.8 Å². The molecule has 1 aliphatic rings. The van der Waals surface area contributed by atoms with Gasteiger partial charge in [-0.25, -0.2) is 0 Å². The first-order valence-electron chi connectivity index (χ1n) is 7.78. The highest BCUT2D eigenvalue weighted by Crippen LogP contribution is 2.35. The maximum absolute atomic E-state index is 5.53. The number of hydrogen-bond donors (Lipinski definition) is 1. The molecule has 0 amide bonds. The zero-order chi connectivity index (χ0) is 14.7. The molecule has 3 rings (SSSR count). The van der Waals surface area contributed by atoms with Crippen LogP contribution in [-0.4, -0.2) is 13.7 Å². The van der Waals surface area contributed by atoms with Crippen LogP contribution >= 0.6 is 0 Å². The molecule has 0 bridgehead atoms. The van der Waals surface area contributed by atoms with E-state index in [1.807, 2.05) is 6.92 Å². The molecule has 0 fully saturated rings. The molecule has 0 heterocycles. The highest BCUT2D eigenvalue weighted by atomic mass is 16.5. The van der Waals surface area contributed by atoms with Gasteiger partial charge in [0, 0.05) is 6.04 Å². The van der Waals surface area contributed by atoms with Crippen molar-refractivity contribution < 1.29 is 4.74 Å². The van der Waals surface area contributed by atoms with Gasteiger partial charge in [0.15, 0.2) is 0 Å². The van der Waals surface area contributed by atoms with Crippen LogP contribution in [0.5, 0.6) is 5.75 Å². The van der Waals surface area contributed by atoms with E-state index in [1.165, 1.54) is 16.7 Å². The van der Waals surface area contributed by atoms with Gasteiger partial charge in [0.25, 0.3) is 0 Å². The summed E-state index contributed by atoms with van der Waals surface area (Å²) in [5.74, 6) is 1.58. The van der Waals surface area contributed by atoms with Crippen molar-refractivity contribution in [1.29, 1.82) is 0 Å². The molecule has 21 heavy (non-hydrogen) atoms. The Balaban J connectivity index is 1.77. The Labute approximate surface area is 127 Å². The molecule has 0 radical (unpaired) electrons. The third-order valence-corrected chi connectivity index (χ3v) is 4.42. The maximum Gasteiger partial charge on any atom is 0.119 e. The third-order valence-electron chi connectivity index (χ3n) is 4.42. The van der Waals surface area contributed by atoms with E-state index in [4.69, 9.17) is 4.74 Å². The second-order valence-electron chi connectivity index (χ2n) is 5.71. The maximum atomic E-state index is 5.53. The van der Waals surface area contributed by atoms with Gasteiger partial charge in [-0.15, -0.1) is 0 Å².